The third kappa shape index (κ3) is 5.70. The van der Waals surface area contributed by atoms with Gasteiger partial charge in [-0.3, -0.25) is 4.79 Å². The van der Waals surface area contributed by atoms with Crippen molar-refractivity contribution < 1.29 is 4.79 Å². The van der Waals surface area contributed by atoms with E-state index in [2.05, 4.69) is 74.1 Å². The number of carbonyl (C=O) groups is 1. The Morgan fingerprint density at radius 2 is 1.81 bits per heavy atom. The van der Waals surface area contributed by atoms with E-state index in [4.69, 9.17) is 0 Å². The van der Waals surface area contributed by atoms with Crippen molar-refractivity contribution in [3.05, 3.63) is 53.9 Å². The summed E-state index contributed by atoms with van der Waals surface area (Å²) in [4.78, 5) is 12.5. The molecule has 2 aromatic rings. The van der Waals surface area contributed by atoms with Gasteiger partial charge in [0.25, 0.3) is 0 Å². The third-order valence-electron chi connectivity index (χ3n) is 4.49. The average molecular weight is 387 g/mol. The standard InChI is InChI=1S/C21H30N4OS/c1-7-12-25-16(6)23-24-21(25)27-13-19(26)22-20(15(4)5)18-10-8-17(9-11-18)14(2)3/h7-11,14-15,20H,1,12-13H2,2-6H3,(H,22,26). The zero-order chi connectivity index (χ0) is 20.0. The summed E-state index contributed by atoms with van der Waals surface area (Å²) in [6, 6.07) is 8.54. The lowest BCUT2D eigenvalue weighted by atomic mass is 9.93. The van der Waals surface area contributed by atoms with Crippen molar-refractivity contribution in [3.8, 4) is 0 Å². The van der Waals surface area contributed by atoms with E-state index in [9.17, 15) is 4.79 Å². The number of nitrogens with one attached hydrogen (secondary N) is 1. The highest BCUT2D eigenvalue weighted by Gasteiger charge is 2.19. The molecular weight excluding hydrogens is 356 g/mol. The molecule has 146 valence electrons. The smallest absolute Gasteiger partial charge is 0.230 e. The SMILES string of the molecule is C=CCn1c(C)nnc1SCC(=O)NC(c1ccc(C(C)C)cc1)C(C)C. The van der Waals surface area contributed by atoms with Crippen LogP contribution in [0.2, 0.25) is 0 Å². The molecule has 1 heterocycles. The van der Waals surface area contributed by atoms with Crippen molar-refractivity contribution in [3.63, 3.8) is 0 Å². The lowest BCUT2D eigenvalue weighted by Crippen LogP contribution is -2.33. The molecule has 0 aliphatic carbocycles. The second-order valence-electron chi connectivity index (χ2n) is 7.33. The first-order valence-corrected chi connectivity index (χ1v) is 10.3. The van der Waals surface area contributed by atoms with Crippen LogP contribution >= 0.6 is 11.8 Å². The summed E-state index contributed by atoms with van der Waals surface area (Å²) in [6.45, 7) is 14.9. The molecule has 1 N–H and O–H groups in total. The molecule has 0 aliphatic rings. The maximum atomic E-state index is 12.5. The van der Waals surface area contributed by atoms with Gasteiger partial charge in [-0.05, 0) is 29.9 Å². The topological polar surface area (TPSA) is 59.8 Å². The van der Waals surface area contributed by atoms with Crippen LogP contribution in [0.1, 0.15) is 56.6 Å². The highest BCUT2D eigenvalue weighted by molar-refractivity contribution is 7.99. The fourth-order valence-electron chi connectivity index (χ4n) is 2.88. The van der Waals surface area contributed by atoms with Crippen LogP contribution in [-0.4, -0.2) is 26.4 Å². The largest absolute Gasteiger partial charge is 0.348 e. The van der Waals surface area contributed by atoms with Crippen LogP contribution in [0.15, 0.2) is 42.1 Å². The molecule has 2 rings (SSSR count). The highest BCUT2D eigenvalue weighted by Crippen LogP contribution is 2.25. The summed E-state index contributed by atoms with van der Waals surface area (Å²) in [5, 5.41) is 12.2. The number of amides is 1. The lowest BCUT2D eigenvalue weighted by molar-refractivity contribution is -0.119. The Bertz CT molecular complexity index is 765. The van der Waals surface area contributed by atoms with Gasteiger partial charge in [0.15, 0.2) is 5.16 Å². The van der Waals surface area contributed by atoms with E-state index in [0.29, 0.717) is 24.1 Å². The van der Waals surface area contributed by atoms with Gasteiger partial charge in [0, 0.05) is 6.54 Å². The van der Waals surface area contributed by atoms with Gasteiger partial charge in [-0.25, -0.2) is 0 Å². The minimum Gasteiger partial charge on any atom is -0.348 e. The predicted octanol–water partition coefficient (Wildman–Crippen LogP) is 4.50. The Morgan fingerprint density at radius 3 is 2.37 bits per heavy atom. The first-order valence-electron chi connectivity index (χ1n) is 9.36. The monoisotopic (exact) mass is 386 g/mol. The molecule has 0 fully saturated rings. The minimum atomic E-state index is -0.00732. The minimum absolute atomic E-state index is 0.00237. The number of benzene rings is 1. The first kappa shape index (κ1) is 21.2. The quantitative estimate of drug-likeness (QED) is 0.509. The molecule has 5 nitrogen and oxygen atoms in total. The van der Waals surface area contributed by atoms with E-state index in [-0.39, 0.29) is 11.9 Å². The molecule has 1 aromatic heterocycles. The molecule has 1 amide bonds. The van der Waals surface area contributed by atoms with Crippen LogP contribution < -0.4 is 5.32 Å². The molecule has 1 unspecified atom stereocenters. The summed E-state index contributed by atoms with van der Waals surface area (Å²) in [5.41, 5.74) is 2.44. The molecule has 0 bridgehead atoms. The van der Waals surface area contributed by atoms with Crippen LogP contribution in [-0.2, 0) is 11.3 Å². The summed E-state index contributed by atoms with van der Waals surface area (Å²) in [6.07, 6.45) is 1.80. The van der Waals surface area contributed by atoms with E-state index in [1.165, 1.54) is 17.3 Å². The Hall–Kier alpha value is -2.08. The number of rotatable bonds is 9. The van der Waals surface area contributed by atoms with Gasteiger partial charge >= 0.3 is 0 Å². The summed E-state index contributed by atoms with van der Waals surface area (Å²) < 4.78 is 1.95. The molecule has 0 saturated carbocycles. The normalized spacial score (nSPS) is 12.4. The zero-order valence-electron chi connectivity index (χ0n) is 16.9. The summed E-state index contributed by atoms with van der Waals surface area (Å²) in [7, 11) is 0. The number of hydrogen-bond acceptors (Lipinski definition) is 4. The van der Waals surface area contributed by atoms with Gasteiger partial charge in [0.05, 0.1) is 11.8 Å². The Kier molecular flexibility index (Phi) is 7.66. The summed E-state index contributed by atoms with van der Waals surface area (Å²) in [5.74, 6) is 1.93. The van der Waals surface area contributed by atoms with Gasteiger partial charge in [-0.1, -0.05) is 69.8 Å². The van der Waals surface area contributed by atoms with Crippen molar-refractivity contribution in [1.82, 2.24) is 20.1 Å². The molecule has 0 spiro atoms. The summed E-state index contributed by atoms with van der Waals surface area (Å²) >= 11 is 1.40. The van der Waals surface area contributed by atoms with E-state index >= 15 is 0 Å². The van der Waals surface area contributed by atoms with Crippen molar-refractivity contribution in [1.29, 1.82) is 0 Å². The van der Waals surface area contributed by atoms with Crippen LogP contribution in [0, 0.1) is 12.8 Å². The fourth-order valence-corrected chi connectivity index (χ4v) is 3.68. The van der Waals surface area contributed by atoms with E-state index in [1.807, 2.05) is 11.5 Å². The number of thioether (sulfide) groups is 1. The predicted molar refractivity (Wildman–Crippen MR) is 112 cm³/mol. The number of aryl methyl sites for hydroxylation is 1. The Morgan fingerprint density at radius 1 is 1.19 bits per heavy atom. The number of aromatic nitrogens is 3. The van der Waals surface area contributed by atoms with E-state index in [1.54, 1.807) is 6.08 Å². The number of nitrogens with zero attached hydrogens (tertiary/aromatic N) is 3. The van der Waals surface area contributed by atoms with Gasteiger partial charge in [0.2, 0.25) is 5.91 Å². The molecule has 0 radical (unpaired) electrons. The molecule has 6 heteroatoms. The van der Waals surface area contributed by atoms with Crippen LogP contribution in [0.25, 0.3) is 0 Å². The highest BCUT2D eigenvalue weighted by atomic mass is 32.2. The van der Waals surface area contributed by atoms with Crippen molar-refractivity contribution in [2.75, 3.05) is 5.75 Å². The number of hydrogen-bond donors (Lipinski definition) is 1. The Labute approximate surface area is 166 Å². The van der Waals surface area contributed by atoms with Crippen LogP contribution in [0.4, 0.5) is 0 Å². The lowest BCUT2D eigenvalue weighted by Gasteiger charge is -2.23. The second-order valence-corrected chi connectivity index (χ2v) is 8.27. The van der Waals surface area contributed by atoms with Crippen LogP contribution in [0.5, 0.6) is 0 Å². The van der Waals surface area contributed by atoms with Gasteiger partial charge in [0.1, 0.15) is 5.82 Å². The fraction of sp³-hybridized carbons (Fsp3) is 0.476. The second kappa shape index (κ2) is 9.74. The third-order valence-corrected chi connectivity index (χ3v) is 5.46. The Balaban J connectivity index is 2.02. The van der Waals surface area contributed by atoms with E-state index < -0.39 is 0 Å². The zero-order valence-corrected chi connectivity index (χ0v) is 17.7. The molecule has 1 atom stereocenters. The van der Waals surface area contributed by atoms with Crippen molar-refractivity contribution in [2.45, 2.75) is 58.3 Å². The van der Waals surface area contributed by atoms with E-state index in [0.717, 1.165) is 16.5 Å². The van der Waals surface area contributed by atoms with Gasteiger partial charge < -0.3 is 9.88 Å². The van der Waals surface area contributed by atoms with Gasteiger partial charge in [-0.15, -0.1) is 16.8 Å². The molecular formula is C21H30N4OS. The average Bonchev–Trinajstić information content (AvgIpc) is 2.98. The molecule has 27 heavy (non-hydrogen) atoms. The molecule has 1 aromatic carbocycles. The molecule has 0 saturated heterocycles. The molecule has 0 aliphatic heterocycles. The maximum absolute atomic E-state index is 12.5. The number of carbonyl (C=O) groups excluding carboxylic acids is 1. The maximum Gasteiger partial charge on any atom is 0.230 e. The van der Waals surface area contributed by atoms with Crippen LogP contribution in [0.3, 0.4) is 0 Å². The number of allylic oxidation sites excluding steroid dienone is 1. The van der Waals surface area contributed by atoms with Crippen molar-refractivity contribution in [2.24, 2.45) is 5.92 Å². The van der Waals surface area contributed by atoms with Crippen molar-refractivity contribution >= 4 is 17.7 Å². The van der Waals surface area contributed by atoms with Gasteiger partial charge in [-0.2, -0.15) is 0 Å². The first-order chi connectivity index (χ1) is 12.8.